The zero-order valence-corrected chi connectivity index (χ0v) is 14.9. The van der Waals surface area contributed by atoms with Crippen molar-refractivity contribution in [3.8, 4) is 0 Å². The lowest BCUT2D eigenvalue weighted by atomic mass is 9.92. The molecule has 0 bridgehead atoms. The number of carbonyl (C=O) groups excluding carboxylic acids is 2. The van der Waals surface area contributed by atoms with E-state index in [4.69, 9.17) is 4.74 Å². The molecule has 3 heterocycles. The van der Waals surface area contributed by atoms with Crippen LogP contribution in [0.5, 0.6) is 0 Å². The van der Waals surface area contributed by atoms with Gasteiger partial charge in [-0.05, 0) is 31.7 Å². The van der Waals surface area contributed by atoms with Crippen molar-refractivity contribution in [2.75, 3.05) is 59.0 Å². The van der Waals surface area contributed by atoms with E-state index in [2.05, 4.69) is 11.8 Å². The summed E-state index contributed by atoms with van der Waals surface area (Å²) in [4.78, 5) is 31.3. The molecule has 2 amide bonds. The normalized spacial score (nSPS) is 26.8. The van der Waals surface area contributed by atoms with E-state index in [9.17, 15) is 9.59 Å². The van der Waals surface area contributed by atoms with E-state index in [0.717, 1.165) is 65.1 Å². The Kier molecular flexibility index (Phi) is 6.11. The van der Waals surface area contributed by atoms with E-state index < -0.39 is 0 Å². The van der Waals surface area contributed by atoms with Crippen LogP contribution < -0.4 is 0 Å². The second-order valence-electron chi connectivity index (χ2n) is 7.35. The van der Waals surface area contributed by atoms with Gasteiger partial charge >= 0.3 is 0 Å². The average Bonchev–Trinajstić information content (AvgIpc) is 3.16. The quantitative estimate of drug-likeness (QED) is 0.762. The molecule has 0 spiro atoms. The Balaban J connectivity index is 1.39. The maximum absolute atomic E-state index is 12.5. The number of likely N-dealkylation sites (tertiary alicyclic amines) is 1. The maximum Gasteiger partial charge on any atom is 0.228 e. The van der Waals surface area contributed by atoms with Crippen LogP contribution >= 0.6 is 0 Å². The van der Waals surface area contributed by atoms with Gasteiger partial charge in [-0.15, -0.1) is 0 Å². The van der Waals surface area contributed by atoms with Gasteiger partial charge in [0.05, 0.1) is 12.5 Å². The van der Waals surface area contributed by atoms with Crippen molar-refractivity contribution >= 4 is 11.8 Å². The van der Waals surface area contributed by atoms with Crippen molar-refractivity contribution in [1.29, 1.82) is 0 Å². The van der Waals surface area contributed by atoms with Gasteiger partial charge in [0, 0.05) is 52.3 Å². The topological polar surface area (TPSA) is 53.1 Å². The Morgan fingerprint density at radius 3 is 2.25 bits per heavy atom. The molecule has 3 fully saturated rings. The van der Waals surface area contributed by atoms with Gasteiger partial charge in [-0.25, -0.2) is 0 Å². The molecule has 6 nitrogen and oxygen atoms in total. The number of likely N-dealkylation sites (N-methyl/N-ethyl adjacent to an activating group) is 1. The third kappa shape index (κ3) is 4.28. The third-order valence-corrected chi connectivity index (χ3v) is 5.84. The van der Waals surface area contributed by atoms with Crippen LogP contribution in [0, 0.1) is 11.8 Å². The lowest BCUT2D eigenvalue weighted by Gasteiger charge is -2.36. The first-order chi connectivity index (χ1) is 11.7. The Hall–Kier alpha value is -1.14. The summed E-state index contributed by atoms with van der Waals surface area (Å²) in [5, 5.41) is 0. The zero-order valence-electron chi connectivity index (χ0n) is 14.9. The highest BCUT2D eigenvalue weighted by Gasteiger charge is 2.31. The van der Waals surface area contributed by atoms with Crippen molar-refractivity contribution < 1.29 is 14.3 Å². The summed E-state index contributed by atoms with van der Waals surface area (Å²) in [5.74, 6) is 1.07. The van der Waals surface area contributed by atoms with Crippen LogP contribution in [0.4, 0.5) is 0 Å². The molecular weight excluding hydrogens is 306 g/mol. The number of amides is 2. The van der Waals surface area contributed by atoms with Gasteiger partial charge in [0.25, 0.3) is 0 Å². The molecule has 1 atom stereocenters. The molecule has 0 aromatic carbocycles. The summed E-state index contributed by atoms with van der Waals surface area (Å²) < 4.78 is 5.32. The molecule has 0 radical (unpaired) electrons. The molecule has 3 saturated heterocycles. The number of piperidine rings is 1. The van der Waals surface area contributed by atoms with Crippen LogP contribution in [-0.2, 0) is 14.3 Å². The van der Waals surface area contributed by atoms with Crippen molar-refractivity contribution in [3.05, 3.63) is 0 Å². The molecule has 3 rings (SSSR count). The maximum atomic E-state index is 12.5. The highest BCUT2D eigenvalue weighted by molar-refractivity contribution is 5.79. The summed E-state index contributed by atoms with van der Waals surface area (Å²) >= 11 is 0. The molecule has 0 aliphatic carbocycles. The second kappa shape index (κ2) is 8.30. The zero-order chi connectivity index (χ0) is 16.9. The van der Waals surface area contributed by atoms with E-state index in [0.29, 0.717) is 31.5 Å². The van der Waals surface area contributed by atoms with Gasteiger partial charge in [0.2, 0.25) is 11.8 Å². The van der Waals surface area contributed by atoms with Crippen molar-refractivity contribution in [2.45, 2.75) is 32.6 Å². The van der Waals surface area contributed by atoms with Crippen LogP contribution in [0.1, 0.15) is 32.6 Å². The molecule has 6 heteroatoms. The molecule has 0 N–H and O–H groups in total. The Morgan fingerprint density at radius 2 is 1.67 bits per heavy atom. The minimum absolute atomic E-state index is 0.0676. The van der Waals surface area contributed by atoms with E-state index in [-0.39, 0.29) is 11.8 Å². The number of nitrogens with zero attached hydrogens (tertiary/aromatic N) is 3. The fourth-order valence-electron chi connectivity index (χ4n) is 4.03. The van der Waals surface area contributed by atoms with E-state index in [1.54, 1.807) is 0 Å². The van der Waals surface area contributed by atoms with Gasteiger partial charge in [-0.3, -0.25) is 9.59 Å². The number of hydrogen-bond donors (Lipinski definition) is 0. The van der Waals surface area contributed by atoms with Crippen LogP contribution in [0.15, 0.2) is 0 Å². The van der Waals surface area contributed by atoms with Crippen LogP contribution in [0.25, 0.3) is 0 Å². The van der Waals surface area contributed by atoms with Crippen LogP contribution in [-0.4, -0.2) is 85.5 Å². The fraction of sp³-hybridized carbons (Fsp3) is 0.889. The number of hydrogen-bond acceptors (Lipinski definition) is 4. The van der Waals surface area contributed by atoms with Crippen LogP contribution in [0.2, 0.25) is 0 Å². The number of piperazine rings is 1. The summed E-state index contributed by atoms with van der Waals surface area (Å²) in [6.45, 7) is 9.88. The molecule has 1 unspecified atom stereocenters. The number of carbonyl (C=O) groups is 2. The third-order valence-electron chi connectivity index (χ3n) is 5.84. The van der Waals surface area contributed by atoms with E-state index in [1.165, 1.54) is 0 Å². The smallest absolute Gasteiger partial charge is 0.228 e. The predicted molar refractivity (Wildman–Crippen MR) is 91.5 cm³/mol. The van der Waals surface area contributed by atoms with Gasteiger partial charge < -0.3 is 19.4 Å². The highest BCUT2D eigenvalue weighted by atomic mass is 16.5. The molecule has 0 saturated carbocycles. The standard InChI is InChI=1S/C18H31N3O3/c1-2-19-8-10-20(11-9-19)17(22)13-15-3-6-21(7-4-15)18(23)16-5-12-24-14-16/h15-16H,2-14H2,1H3. The van der Waals surface area contributed by atoms with Gasteiger partial charge in [-0.1, -0.05) is 6.92 Å². The van der Waals surface area contributed by atoms with Gasteiger partial charge in [0.15, 0.2) is 0 Å². The van der Waals surface area contributed by atoms with Crippen molar-refractivity contribution in [1.82, 2.24) is 14.7 Å². The average molecular weight is 337 g/mol. The van der Waals surface area contributed by atoms with Crippen molar-refractivity contribution in [3.63, 3.8) is 0 Å². The largest absolute Gasteiger partial charge is 0.381 e. The minimum Gasteiger partial charge on any atom is -0.381 e. The lowest BCUT2D eigenvalue weighted by molar-refractivity contribution is -0.137. The lowest BCUT2D eigenvalue weighted by Crippen LogP contribution is -2.49. The first kappa shape index (κ1) is 17.7. The molecule has 0 aromatic heterocycles. The first-order valence-corrected chi connectivity index (χ1v) is 9.54. The van der Waals surface area contributed by atoms with Crippen molar-refractivity contribution in [2.24, 2.45) is 11.8 Å². The summed E-state index contributed by atoms with van der Waals surface area (Å²) in [7, 11) is 0. The fourth-order valence-corrected chi connectivity index (χ4v) is 4.03. The first-order valence-electron chi connectivity index (χ1n) is 9.54. The number of rotatable bonds is 4. The van der Waals surface area contributed by atoms with Gasteiger partial charge in [0.1, 0.15) is 0 Å². The molecule has 24 heavy (non-hydrogen) atoms. The second-order valence-corrected chi connectivity index (χ2v) is 7.35. The predicted octanol–water partition coefficient (Wildman–Crippen LogP) is 0.816. The molecule has 0 aromatic rings. The van der Waals surface area contributed by atoms with Gasteiger partial charge in [-0.2, -0.15) is 0 Å². The minimum atomic E-state index is 0.0676. The molecule has 3 aliphatic heterocycles. The number of ether oxygens (including phenoxy) is 1. The Morgan fingerprint density at radius 1 is 0.958 bits per heavy atom. The highest BCUT2D eigenvalue weighted by Crippen LogP contribution is 2.24. The summed E-state index contributed by atoms with van der Waals surface area (Å²) in [6, 6.07) is 0. The Labute approximate surface area is 145 Å². The van der Waals surface area contributed by atoms with E-state index >= 15 is 0 Å². The SMILES string of the molecule is CCN1CCN(C(=O)CC2CCN(C(=O)C3CCOC3)CC2)CC1. The monoisotopic (exact) mass is 337 g/mol. The van der Waals surface area contributed by atoms with E-state index in [1.807, 2.05) is 9.80 Å². The molecule has 136 valence electrons. The summed E-state index contributed by atoms with van der Waals surface area (Å²) in [5.41, 5.74) is 0. The summed E-state index contributed by atoms with van der Waals surface area (Å²) in [6.07, 6.45) is 3.43. The Bertz CT molecular complexity index is 435. The van der Waals surface area contributed by atoms with Crippen LogP contribution in [0.3, 0.4) is 0 Å². The molecular formula is C18H31N3O3. The molecule has 3 aliphatic rings.